The molecule has 1 saturated heterocycles. The monoisotopic (exact) mass is 546 g/mol. The molecule has 3 aromatic rings. The third-order valence-corrected chi connectivity index (χ3v) is 6.94. The van der Waals surface area contributed by atoms with Crippen LogP contribution in [0.2, 0.25) is 5.02 Å². The molecule has 1 aliphatic heterocycles. The molecular formula is C24H28ClFN8O2S. The summed E-state index contributed by atoms with van der Waals surface area (Å²) in [7, 11) is 2.09. The number of amides is 1. The zero-order valence-electron chi connectivity index (χ0n) is 20.3. The molecule has 0 radical (unpaired) electrons. The Bertz CT molecular complexity index is 1230. The molecule has 0 atom stereocenters. The van der Waals surface area contributed by atoms with E-state index in [0.29, 0.717) is 46.1 Å². The second kappa shape index (κ2) is 13.1. The number of carbonyl (C=O) groups excluding carboxylic acids is 1. The smallest absolute Gasteiger partial charge is 0.226 e. The number of thioether (sulfide) groups is 1. The number of carbonyl (C=O) groups is 1. The molecule has 0 spiro atoms. The van der Waals surface area contributed by atoms with Crippen molar-refractivity contribution in [2.24, 2.45) is 0 Å². The zero-order valence-corrected chi connectivity index (χ0v) is 21.9. The summed E-state index contributed by atoms with van der Waals surface area (Å²) in [4.78, 5) is 25.4. The number of hydrogen-bond acceptors (Lipinski definition) is 10. The van der Waals surface area contributed by atoms with Gasteiger partial charge < -0.3 is 25.5 Å². The first-order valence-corrected chi connectivity index (χ1v) is 13.1. The highest BCUT2D eigenvalue weighted by Crippen LogP contribution is 2.32. The Balaban J connectivity index is 1.47. The van der Waals surface area contributed by atoms with Crippen LogP contribution in [0.3, 0.4) is 0 Å². The van der Waals surface area contributed by atoms with Gasteiger partial charge in [0.2, 0.25) is 5.91 Å². The quantitative estimate of drug-likeness (QED) is 0.327. The lowest BCUT2D eigenvalue weighted by Gasteiger charge is -2.32. The van der Waals surface area contributed by atoms with Gasteiger partial charge in [-0.25, -0.2) is 14.4 Å². The van der Waals surface area contributed by atoms with E-state index in [0.717, 1.165) is 26.2 Å². The van der Waals surface area contributed by atoms with Gasteiger partial charge in [0.1, 0.15) is 28.8 Å². The van der Waals surface area contributed by atoms with Gasteiger partial charge in [0.25, 0.3) is 0 Å². The van der Waals surface area contributed by atoms with Crippen LogP contribution in [0.5, 0.6) is 0 Å². The third-order valence-electron chi connectivity index (χ3n) is 5.74. The van der Waals surface area contributed by atoms with Gasteiger partial charge in [-0.05, 0) is 31.3 Å². The molecule has 13 heteroatoms. The van der Waals surface area contributed by atoms with Crippen molar-refractivity contribution in [2.75, 3.05) is 62.8 Å². The van der Waals surface area contributed by atoms with Gasteiger partial charge in [0.05, 0.1) is 18.0 Å². The second-order valence-electron chi connectivity index (χ2n) is 8.50. The number of anilines is 3. The van der Waals surface area contributed by atoms with Gasteiger partial charge in [0.15, 0.2) is 0 Å². The molecule has 1 fully saturated rings. The van der Waals surface area contributed by atoms with E-state index in [1.807, 2.05) is 0 Å². The van der Waals surface area contributed by atoms with Crippen LogP contribution in [0.1, 0.15) is 6.42 Å². The number of nitrogens with one attached hydrogen (secondary N) is 2. The fraction of sp³-hybridized carbons (Fsp3) is 0.375. The lowest BCUT2D eigenvalue weighted by Crippen LogP contribution is -2.45. The highest BCUT2D eigenvalue weighted by molar-refractivity contribution is 7.99. The number of aliphatic hydroxyl groups excluding tert-OH is 1. The number of hydrogen-bond donors (Lipinski definition) is 3. The van der Waals surface area contributed by atoms with Crippen molar-refractivity contribution in [3.05, 3.63) is 47.5 Å². The third kappa shape index (κ3) is 7.79. The topological polar surface area (TPSA) is 119 Å². The highest BCUT2D eigenvalue weighted by Gasteiger charge is 2.16. The number of nitrogens with zero attached hydrogens (tertiary/aromatic N) is 6. The average molecular weight is 547 g/mol. The Morgan fingerprint density at radius 3 is 2.70 bits per heavy atom. The Hall–Kier alpha value is -2.90. The molecule has 196 valence electrons. The van der Waals surface area contributed by atoms with Gasteiger partial charge >= 0.3 is 0 Å². The molecule has 2 aromatic heterocycles. The van der Waals surface area contributed by atoms with Crippen LogP contribution in [0, 0.1) is 5.82 Å². The van der Waals surface area contributed by atoms with Gasteiger partial charge in [-0.3, -0.25) is 4.79 Å². The molecule has 4 rings (SSSR count). The largest absolute Gasteiger partial charge is 0.396 e. The first kappa shape index (κ1) is 27.1. The maximum atomic E-state index is 14.4. The van der Waals surface area contributed by atoms with Crippen LogP contribution in [0.4, 0.5) is 21.7 Å². The number of benzene rings is 1. The maximum absolute atomic E-state index is 14.4. The lowest BCUT2D eigenvalue weighted by atomic mass is 10.1. The first-order valence-electron chi connectivity index (χ1n) is 11.8. The van der Waals surface area contributed by atoms with Crippen molar-refractivity contribution in [2.45, 2.75) is 11.4 Å². The molecule has 0 bridgehead atoms. The van der Waals surface area contributed by atoms with E-state index in [9.17, 15) is 14.3 Å². The summed E-state index contributed by atoms with van der Waals surface area (Å²) < 4.78 is 14.4. The molecule has 37 heavy (non-hydrogen) atoms. The van der Waals surface area contributed by atoms with Crippen molar-refractivity contribution in [3.8, 4) is 11.3 Å². The molecule has 1 aliphatic rings. The summed E-state index contributed by atoms with van der Waals surface area (Å²) in [5.41, 5.74) is 0.994. The van der Waals surface area contributed by atoms with E-state index < -0.39 is 5.82 Å². The Labute approximate surface area is 223 Å². The average Bonchev–Trinajstić information content (AvgIpc) is 2.89. The predicted molar refractivity (Wildman–Crippen MR) is 143 cm³/mol. The van der Waals surface area contributed by atoms with E-state index in [4.69, 9.17) is 11.6 Å². The highest BCUT2D eigenvalue weighted by atomic mass is 35.5. The summed E-state index contributed by atoms with van der Waals surface area (Å²) in [5.74, 6) is 0.539. The van der Waals surface area contributed by atoms with Crippen LogP contribution < -0.4 is 10.6 Å². The maximum Gasteiger partial charge on any atom is 0.226 e. The second-order valence-corrected chi connectivity index (χ2v) is 10.0. The lowest BCUT2D eigenvalue weighted by molar-refractivity contribution is -0.116. The Kier molecular flexibility index (Phi) is 9.58. The van der Waals surface area contributed by atoms with E-state index in [1.54, 1.807) is 12.1 Å². The molecular weight excluding hydrogens is 519 g/mol. The first-order chi connectivity index (χ1) is 17.9. The number of likely N-dealkylation sites (N-methyl/N-ethyl adjacent to an activating group) is 1. The number of aromatic nitrogens is 4. The molecule has 3 N–H and O–H groups in total. The van der Waals surface area contributed by atoms with Crippen LogP contribution in [0.25, 0.3) is 11.3 Å². The number of halogens is 2. The summed E-state index contributed by atoms with van der Waals surface area (Å²) in [6.45, 7) is 4.53. The summed E-state index contributed by atoms with van der Waals surface area (Å²) >= 11 is 7.33. The van der Waals surface area contributed by atoms with E-state index >= 15 is 0 Å². The summed E-state index contributed by atoms with van der Waals surface area (Å²) in [6.07, 6.45) is 1.70. The predicted octanol–water partition coefficient (Wildman–Crippen LogP) is 3.13. The molecule has 0 saturated carbocycles. The molecule has 10 nitrogen and oxygen atoms in total. The van der Waals surface area contributed by atoms with Crippen LogP contribution >= 0.6 is 23.4 Å². The van der Waals surface area contributed by atoms with Gasteiger partial charge in [0, 0.05) is 61.5 Å². The normalized spacial score (nSPS) is 14.5. The molecule has 3 heterocycles. The Morgan fingerprint density at radius 2 is 1.92 bits per heavy atom. The van der Waals surface area contributed by atoms with Crippen molar-refractivity contribution in [3.63, 3.8) is 0 Å². The summed E-state index contributed by atoms with van der Waals surface area (Å²) in [6, 6.07) is 7.45. The van der Waals surface area contributed by atoms with Crippen molar-refractivity contribution >= 4 is 46.6 Å². The summed E-state index contributed by atoms with van der Waals surface area (Å²) in [5, 5.41) is 24.4. The van der Waals surface area contributed by atoms with E-state index in [2.05, 4.69) is 47.6 Å². The number of piperazine rings is 1. The molecule has 1 aromatic carbocycles. The minimum absolute atomic E-state index is 0.0473. The fourth-order valence-corrected chi connectivity index (χ4v) is 4.53. The Morgan fingerprint density at radius 1 is 1.14 bits per heavy atom. The van der Waals surface area contributed by atoms with Crippen LogP contribution in [0.15, 0.2) is 41.7 Å². The number of rotatable bonds is 10. The van der Waals surface area contributed by atoms with Crippen molar-refractivity contribution < 1.29 is 14.3 Å². The van der Waals surface area contributed by atoms with E-state index in [-0.39, 0.29) is 23.8 Å². The molecule has 1 amide bonds. The zero-order chi connectivity index (χ0) is 26.2. The minimum atomic E-state index is -0.482. The van der Waals surface area contributed by atoms with Crippen LogP contribution in [-0.2, 0) is 4.79 Å². The SMILES string of the molecule is CN1CCN(CCC(=O)Nc2cc(Nc3cc(-c4cc(Cl)ccc4F)nnc3SCCO)ncn2)CC1. The standard InChI is InChI=1S/C24H28ClFN8O2S/c1-33-6-8-34(9-7-33)5-4-23(36)30-22-14-21(27-15-28-22)29-20-13-19(31-32-24(20)37-11-10-35)17-12-16(25)2-3-18(17)26/h2-3,12-15,35H,4-11H2,1H3,(H2,27,28,29,30,31,36). The van der Waals surface area contributed by atoms with Crippen molar-refractivity contribution in [1.29, 1.82) is 0 Å². The fourth-order valence-electron chi connectivity index (χ4n) is 3.71. The number of aliphatic hydroxyl groups is 1. The molecule has 0 unspecified atom stereocenters. The van der Waals surface area contributed by atoms with Gasteiger partial charge in [-0.1, -0.05) is 11.6 Å². The molecule has 0 aliphatic carbocycles. The minimum Gasteiger partial charge on any atom is -0.396 e. The van der Waals surface area contributed by atoms with Gasteiger partial charge in [-0.2, -0.15) is 0 Å². The van der Waals surface area contributed by atoms with Gasteiger partial charge in [-0.15, -0.1) is 22.0 Å². The van der Waals surface area contributed by atoms with Crippen molar-refractivity contribution in [1.82, 2.24) is 30.0 Å². The van der Waals surface area contributed by atoms with E-state index in [1.165, 1.54) is 36.3 Å². The van der Waals surface area contributed by atoms with Crippen LogP contribution in [-0.4, -0.2) is 93.1 Å².